The Morgan fingerprint density at radius 2 is 1.73 bits per heavy atom. The van der Waals surface area contributed by atoms with E-state index in [-0.39, 0.29) is 12.4 Å². The molecule has 0 unspecified atom stereocenters. The van der Waals surface area contributed by atoms with E-state index in [4.69, 9.17) is 21.1 Å². The summed E-state index contributed by atoms with van der Waals surface area (Å²) in [5, 5.41) is 0.655. The Morgan fingerprint density at radius 3 is 2.53 bits per heavy atom. The van der Waals surface area contributed by atoms with Crippen molar-refractivity contribution in [2.45, 2.75) is 6.54 Å². The zero-order valence-corrected chi connectivity index (χ0v) is 17.1. The van der Waals surface area contributed by atoms with Crippen molar-refractivity contribution in [3.63, 3.8) is 0 Å². The maximum atomic E-state index is 12.2. The molecule has 30 heavy (non-hydrogen) atoms. The first-order chi connectivity index (χ1) is 14.6. The molecule has 0 amide bonds. The van der Waals surface area contributed by atoms with E-state index in [0.717, 1.165) is 49.8 Å². The summed E-state index contributed by atoms with van der Waals surface area (Å²) in [5.41, 5.74) is 2.55. The quantitative estimate of drug-likeness (QED) is 0.693. The third kappa shape index (κ3) is 3.99. The van der Waals surface area contributed by atoms with Gasteiger partial charge in [0.15, 0.2) is 11.5 Å². The number of fused-ring (bicyclic) bond motifs is 1. The molecule has 1 saturated heterocycles. The molecule has 1 fully saturated rings. The summed E-state index contributed by atoms with van der Waals surface area (Å²) < 4.78 is 10.8. The molecule has 0 saturated carbocycles. The van der Waals surface area contributed by atoms with Crippen LogP contribution in [0.5, 0.6) is 11.5 Å². The summed E-state index contributed by atoms with van der Waals surface area (Å²) in [6.07, 6.45) is 0. The highest BCUT2D eigenvalue weighted by molar-refractivity contribution is 6.30. The Morgan fingerprint density at radius 1 is 0.967 bits per heavy atom. The second-order valence-electron chi connectivity index (χ2n) is 7.41. The molecule has 0 spiro atoms. The van der Waals surface area contributed by atoms with Gasteiger partial charge in [-0.1, -0.05) is 29.8 Å². The summed E-state index contributed by atoms with van der Waals surface area (Å²) in [6.45, 7) is 4.47. The van der Waals surface area contributed by atoms with Gasteiger partial charge in [-0.05, 0) is 29.8 Å². The molecule has 0 aliphatic carbocycles. The highest BCUT2D eigenvalue weighted by Crippen LogP contribution is 2.33. The van der Waals surface area contributed by atoms with Gasteiger partial charge in [-0.2, -0.15) is 0 Å². The van der Waals surface area contributed by atoms with Gasteiger partial charge in [-0.3, -0.25) is 14.7 Å². The molecule has 5 rings (SSSR count). The summed E-state index contributed by atoms with van der Waals surface area (Å²) in [7, 11) is 0. The minimum absolute atomic E-state index is 0.160. The Labute approximate surface area is 178 Å². The van der Waals surface area contributed by atoms with Crippen LogP contribution in [-0.2, 0) is 6.54 Å². The summed E-state index contributed by atoms with van der Waals surface area (Å²) >= 11 is 5.97. The molecule has 3 aromatic rings. The van der Waals surface area contributed by atoms with Crippen molar-refractivity contribution in [3.05, 3.63) is 69.5 Å². The molecule has 1 N–H and O–H groups in total. The number of halogens is 1. The van der Waals surface area contributed by atoms with Crippen LogP contribution in [0.4, 0.5) is 5.95 Å². The number of nitrogens with one attached hydrogen (secondary N) is 1. The topological polar surface area (TPSA) is 70.7 Å². The number of hydrogen-bond acceptors (Lipinski definition) is 6. The summed E-state index contributed by atoms with van der Waals surface area (Å²) in [4.78, 5) is 24.3. The zero-order valence-electron chi connectivity index (χ0n) is 16.3. The molecule has 0 atom stereocenters. The van der Waals surface area contributed by atoms with E-state index in [1.165, 1.54) is 11.6 Å². The van der Waals surface area contributed by atoms with Crippen molar-refractivity contribution in [3.8, 4) is 22.8 Å². The monoisotopic (exact) mass is 424 g/mol. The fourth-order valence-corrected chi connectivity index (χ4v) is 3.90. The number of H-pyrrole nitrogens is 1. The Balaban J connectivity index is 1.26. The standard InChI is InChI=1S/C22H21ClN4O3/c23-17-4-2-16(3-5-17)18-12-21(28)25-22(24-18)27-9-7-26(8-10-27)13-15-1-6-19-20(11-15)30-14-29-19/h1-6,11-12H,7-10,13-14H2,(H,24,25,28). The Hall–Kier alpha value is -3.03. The Bertz CT molecular complexity index is 1110. The number of piperazine rings is 1. The van der Waals surface area contributed by atoms with Crippen molar-refractivity contribution < 1.29 is 9.47 Å². The first-order valence-corrected chi connectivity index (χ1v) is 10.2. The van der Waals surface area contributed by atoms with Crippen LogP contribution in [0.25, 0.3) is 11.3 Å². The van der Waals surface area contributed by atoms with E-state index in [1.807, 2.05) is 24.3 Å². The zero-order chi connectivity index (χ0) is 20.5. The average Bonchev–Trinajstić information content (AvgIpc) is 3.22. The molecule has 7 nitrogen and oxygen atoms in total. The molecule has 3 heterocycles. The molecule has 2 aliphatic heterocycles. The van der Waals surface area contributed by atoms with Gasteiger partial charge < -0.3 is 14.4 Å². The van der Waals surface area contributed by atoms with Gasteiger partial charge in [-0.25, -0.2) is 4.98 Å². The molecule has 0 bridgehead atoms. The lowest BCUT2D eigenvalue weighted by Crippen LogP contribution is -2.47. The second-order valence-corrected chi connectivity index (χ2v) is 7.85. The molecule has 2 aliphatic rings. The van der Waals surface area contributed by atoms with Crippen LogP contribution in [-0.4, -0.2) is 47.8 Å². The maximum absolute atomic E-state index is 12.2. The smallest absolute Gasteiger partial charge is 0.252 e. The summed E-state index contributed by atoms with van der Waals surface area (Å²) in [6, 6.07) is 14.9. The lowest BCUT2D eigenvalue weighted by Gasteiger charge is -2.35. The number of rotatable bonds is 4. The van der Waals surface area contributed by atoms with Crippen LogP contribution in [0.3, 0.4) is 0 Å². The predicted molar refractivity (Wildman–Crippen MR) is 115 cm³/mol. The van der Waals surface area contributed by atoms with Crippen LogP contribution >= 0.6 is 11.6 Å². The molecule has 154 valence electrons. The third-order valence-electron chi connectivity index (χ3n) is 5.38. The average molecular weight is 425 g/mol. The SMILES string of the molecule is O=c1cc(-c2ccc(Cl)cc2)nc(N2CCN(Cc3ccc4c(c3)OCO4)CC2)[nH]1. The van der Waals surface area contributed by atoms with Crippen LogP contribution in [0.15, 0.2) is 53.3 Å². The lowest BCUT2D eigenvalue weighted by molar-refractivity contribution is 0.174. The normalized spacial score (nSPS) is 16.1. The first kappa shape index (κ1) is 19.0. The first-order valence-electron chi connectivity index (χ1n) is 9.87. The number of hydrogen-bond donors (Lipinski definition) is 1. The fourth-order valence-electron chi connectivity index (χ4n) is 3.78. The van der Waals surface area contributed by atoms with Crippen molar-refractivity contribution in [1.29, 1.82) is 0 Å². The van der Waals surface area contributed by atoms with Gasteiger partial charge in [0.25, 0.3) is 5.56 Å². The van der Waals surface area contributed by atoms with Crippen LogP contribution in [0.2, 0.25) is 5.02 Å². The highest BCUT2D eigenvalue weighted by atomic mass is 35.5. The summed E-state index contributed by atoms with van der Waals surface area (Å²) in [5.74, 6) is 2.22. The predicted octanol–water partition coefficient (Wildman–Crippen LogP) is 3.14. The van der Waals surface area contributed by atoms with Crippen molar-refractivity contribution in [1.82, 2.24) is 14.9 Å². The van der Waals surface area contributed by atoms with Gasteiger partial charge in [0.2, 0.25) is 12.7 Å². The van der Waals surface area contributed by atoms with Gasteiger partial charge in [0.1, 0.15) is 0 Å². The number of ether oxygens (including phenoxy) is 2. The van der Waals surface area contributed by atoms with E-state index in [2.05, 4.69) is 25.8 Å². The van der Waals surface area contributed by atoms with Crippen molar-refractivity contribution >= 4 is 17.5 Å². The molecule has 8 heteroatoms. The maximum Gasteiger partial charge on any atom is 0.252 e. The van der Waals surface area contributed by atoms with Gasteiger partial charge in [-0.15, -0.1) is 0 Å². The van der Waals surface area contributed by atoms with E-state index < -0.39 is 0 Å². The highest BCUT2D eigenvalue weighted by Gasteiger charge is 2.21. The van der Waals surface area contributed by atoms with E-state index in [0.29, 0.717) is 16.7 Å². The van der Waals surface area contributed by atoms with Crippen LogP contribution < -0.4 is 19.9 Å². The fraction of sp³-hybridized carbons (Fsp3) is 0.273. The molecule has 2 aromatic carbocycles. The largest absolute Gasteiger partial charge is 0.454 e. The minimum Gasteiger partial charge on any atom is -0.454 e. The van der Waals surface area contributed by atoms with Crippen LogP contribution in [0, 0.1) is 0 Å². The van der Waals surface area contributed by atoms with Gasteiger partial charge in [0, 0.05) is 49.4 Å². The molecular formula is C22H21ClN4O3. The van der Waals surface area contributed by atoms with Gasteiger partial charge in [0.05, 0.1) is 5.69 Å². The minimum atomic E-state index is -0.160. The third-order valence-corrected chi connectivity index (χ3v) is 5.64. The molecule has 0 radical (unpaired) electrons. The number of benzene rings is 2. The van der Waals surface area contributed by atoms with Crippen molar-refractivity contribution in [2.24, 2.45) is 0 Å². The van der Waals surface area contributed by atoms with Crippen molar-refractivity contribution in [2.75, 3.05) is 37.9 Å². The number of aromatic amines is 1. The molecule has 1 aromatic heterocycles. The Kier molecular flexibility index (Phi) is 5.06. The van der Waals surface area contributed by atoms with Crippen LogP contribution in [0.1, 0.15) is 5.56 Å². The number of nitrogens with zero attached hydrogens (tertiary/aromatic N) is 3. The lowest BCUT2D eigenvalue weighted by atomic mass is 10.1. The van der Waals surface area contributed by atoms with E-state index in [9.17, 15) is 4.79 Å². The van der Waals surface area contributed by atoms with E-state index in [1.54, 1.807) is 12.1 Å². The van der Waals surface area contributed by atoms with Gasteiger partial charge >= 0.3 is 0 Å². The number of anilines is 1. The number of aromatic nitrogens is 2. The van der Waals surface area contributed by atoms with E-state index >= 15 is 0 Å². The molecular weight excluding hydrogens is 404 g/mol. The second kappa shape index (κ2) is 8.01.